The fraction of sp³-hybridized carbons (Fsp3) is 0.667. The SMILES string of the molecule is CCOC(=O)c1nnc(CCC(O)COO)s1. The van der Waals surface area contributed by atoms with Crippen molar-refractivity contribution in [3.63, 3.8) is 0 Å². The van der Waals surface area contributed by atoms with Crippen LogP contribution in [0.3, 0.4) is 0 Å². The molecule has 1 aromatic heterocycles. The van der Waals surface area contributed by atoms with Crippen molar-refractivity contribution in [2.24, 2.45) is 0 Å². The minimum atomic E-state index is -0.769. The van der Waals surface area contributed by atoms with E-state index < -0.39 is 12.1 Å². The Hall–Kier alpha value is -1.09. The number of carbonyl (C=O) groups is 1. The van der Waals surface area contributed by atoms with Crippen LogP contribution in [0.5, 0.6) is 0 Å². The molecular weight excluding hydrogens is 248 g/mol. The molecule has 1 rings (SSSR count). The minimum Gasteiger partial charge on any atom is -0.461 e. The van der Waals surface area contributed by atoms with Crippen LogP contribution in [0, 0.1) is 0 Å². The molecule has 0 aliphatic heterocycles. The standard InChI is InChI=1S/C9H14N2O5S/c1-2-15-9(13)8-11-10-7(17-8)4-3-6(12)5-16-14/h6,12,14H,2-5H2,1H3. The van der Waals surface area contributed by atoms with Crippen LogP contribution in [0.1, 0.15) is 28.2 Å². The molecule has 1 aromatic rings. The van der Waals surface area contributed by atoms with Crippen LogP contribution in [0.15, 0.2) is 0 Å². The fourth-order valence-electron chi connectivity index (χ4n) is 1.09. The maximum atomic E-state index is 11.3. The lowest BCUT2D eigenvalue weighted by atomic mass is 10.2. The van der Waals surface area contributed by atoms with Gasteiger partial charge in [0, 0.05) is 6.42 Å². The molecule has 0 radical (unpaired) electrons. The Labute approximate surface area is 102 Å². The maximum absolute atomic E-state index is 11.3. The molecule has 96 valence electrons. The van der Waals surface area contributed by atoms with Gasteiger partial charge in [-0.05, 0) is 13.3 Å². The zero-order chi connectivity index (χ0) is 12.7. The van der Waals surface area contributed by atoms with Crippen molar-refractivity contribution < 1.29 is 24.8 Å². The van der Waals surface area contributed by atoms with Gasteiger partial charge in [-0.15, -0.1) is 10.2 Å². The van der Waals surface area contributed by atoms with Crippen molar-refractivity contribution in [2.75, 3.05) is 13.2 Å². The molecule has 7 nitrogen and oxygen atoms in total. The van der Waals surface area contributed by atoms with Crippen molar-refractivity contribution >= 4 is 17.3 Å². The van der Waals surface area contributed by atoms with Gasteiger partial charge in [-0.2, -0.15) is 0 Å². The van der Waals surface area contributed by atoms with Crippen molar-refractivity contribution in [3.8, 4) is 0 Å². The maximum Gasteiger partial charge on any atom is 0.369 e. The third-order valence-corrected chi connectivity index (χ3v) is 2.84. The van der Waals surface area contributed by atoms with Crippen LogP contribution in [-0.4, -0.2) is 45.8 Å². The third kappa shape index (κ3) is 4.73. The molecule has 0 bridgehead atoms. The summed E-state index contributed by atoms with van der Waals surface area (Å²) in [4.78, 5) is 15.1. The monoisotopic (exact) mass is 262 g/mol. The van der Waals surface area contributed by atoms with E-state index >= 15 is 0 Å². The largest absolute Gasteiger partial charge is 0.461 e. The van der Waals surface area contributed by atoms with Gasteiger partial charge in [-0.1, -0.05) is 11.3 Å². The highest BCUT2D eigenvalue weighted by molar-refractivity contribution is 7.13. The number of esters is 1. The topological polar surface area (TPSA) is 102 Å². The van der Waals surface area contributed by atoms with Crippen molar-refractivity contribution in [2.45, 2.75) is 25.9 Å². The lowest BCUT2D eigenvalue weighted by Crippen LogP contribution is -2.14. The van der Waals surface area contributed by atoms with Gasteiger partial charge >= 0.3 is 5.97 Å². The van der Waals surface area contributed by atoms with Crippen molar-refractivity contribution in [1.29, 1.82) is 0 Å². The molecule has 0 spiro atoms. The van der Waals surface area contributed by atoms with E-state index in [2.05, 4.69) is 15.1 Å². The Morgan fingerprint density at radius 2 is 2.29 bits per heavy atom. The van der Waals surface area contributed by atoms with Crippen LogP contribution in [0.2, 0.25) is 0 Å². The van der Waals surface area contributed by atoms with Gasteiger partial charge in [0.2, 0.25) is 5.01 Å². The zero-order valence-electron chi connectivity index (χ0n) is 9.33. The molecule has 17 heavy (non-hydrogen) atoms. The second kappa shape index (κ2) is 7.28. The quantitative estimate of drug-likeness (QED) is 0.419. The minimum absolute atomic E-state index is 0.149. The molecule has 0 amide bonds. The molecule has 0 aliphatic rings. The number of aliphatic hydroxyl groups excluding tert-OH is 1. The van der Waals surface area contributed by atoms with Gasteiger partial charge in [0.25, 0.3) is 0 Å². The number of carbonyl (C=O) groups excluding carboxylic acids is 1. The summed E-state index contributed by atoms with van der Waals surface area (Å²) in [6, 6.07) is 0. The lowest BCUT2D eigenvalue weighted by Gasteiger charge is -2.05. The van der Waals surface area contributed by atoms with Gasteiger partial charge in [-0.25, -0.2) is 9.68 Å². The molecule has 0 saturated carbocycles. The summed E-state index contributed by atoms with van der Waals surface area (Å²) in [5.74, 6) is -0.490. The number of aromatic nitrogens is 2. The van der Waals surface area contributed by atoms with Gasteiger partial charge in [0.05, 0.1) is 12.7 Å². The average molecular weight is 262 g/mol. The first-order valence-corrected chi connectivity index (χ1v) is 5.93. The summed E-state index contributed by atoms with van der Waals surface area (Å²) in [6.45, 7) is 1.86. The Kier molecular flexibility index (Phi) is 5.98. The van der Waals surface area contributed by atoms with E-state index in [9.17, 15) is 9.90 Å². The van der Waals surface area contributed by atoms with Crippen LogP contribution in [0.4, 0.5) is 0 Å². The average Bonchev–Trinajstić information content (AvgIpc) is 2.76. The van der Waals surface area contributed by atoms with E-state index in [0.717, 1.165) is 11.3 Å². The summed E-state index contributed by atoms with van der Waals surface area (Å²) < 4.78 is 4.77. The number of aryl methyl sites for hydroxylation is 1. The van der Waals surface area contributed by atoms with Crippen LogP contribution >= 0.6 is 11.3 Å². The second-order valence-corrected chi connectivity index (χ2v) is 4.27. The van der Waals surface area contributed by atoms with Crippen molar-refractivity contribution in [3.05, 3.63) is 10.0 Å². The number of hydrogen-bond acceptors (Lipinski definition) is 8. The second-order valence-electron chi connectivity index (χ2n) is 3.21. The molecule has 0 fully saturated rings. The van der Waals surface area contributed by atoms with E-state index in [1.807, 2.05) is 0 Å². The molecule has 0 aliphatic carbocycles. The number of ether oxygens (including phenoxy) is 1. The predicted octanol–water partition coefficient (Wildman–Crippen LogP) is 0.498. The predicted molar refractivity (Wildman–Crippen MR) is 58.8 cm³/mol. The molecule has 1 unspecified atom stereocenters. The lowest BCUT2D eigenvalue weighted by molar-refractivity contribution is -0.257. The number of nitrogens with zero attached hydrogens (tertiary/aromatic N) is 2. The van der Waals surface area contributed by atoms with Crippen LogP contribution < -0.4 is 0 Å². The summed E-state index contributed by atoms with van der Waals surface area (Å²) in [5.41, 5.74) is 0. The molecule has 1 heterocycles. The van der Waals surface area contributed by atoms with E-state index in [-0.39, 0.29) is 11.6 Å². The Balaban J connectivity index is 2.43. The van der Waals surface area contributed by atoms with Gasteiger partial charge in [-0.3, -0.25) is 5.26 Å². The zero-order valence-corrected chi connectivity index (χ0v) is 10.1. The first kappa shape index (κ1) is 14.0. The fourth-order valence-corrected chi connectivity index (χ4v) is 1.84. The van der Waals surface area contributed by atoms with Gasteiger partial charge in [0.15, 0.2) is 0 Å². The molecule has 1 atom stereocenters. The van der Waals surface area contributed by atoms with E-state index in [1.165, 1.54) is 0 Å². The smallest absolute Gasteiger partial charge is 0.369 e. The highest BCUT2D eigenvalue weighted by atomic mass is 32.1. The van der Waals surface area contributed by atoms with Gasteiger partial charge in [0.1, 0.15) is 11.6 Å². The first-order valence-electron chi connectivity index (χ1n) is 5.11. The molecule has 0 saturated heterocycles. The number of rotatable bonds is 7. The number of aliphatic hydroxyl groups is 1. The summed E-state index contributed by atoms with van der Waals surface area (Å²) in [7, 11) is 0. The highest BCUT2D eigenvalue weighted by Crippen LogP contribution is 2.13. The normalized spacial score (nSPS) is 12.4. The van der Waals surface area contributed by atoms with Crippen molar-refractivity contribution in [1.82, 2.24) is 10.2 Å². The summed E-state index contributed by atoms with van der Waals surface area (Å²) in [5, 5.41) is 25.7. The molecular formula is C9H14N2O5S. The highest BCUT2D eigenvalue weighted by Gasteiger charge is 2.14. The summed E-state index contributed by atoms with van der Waals surface area (Å²) >= 11 is 1.13. The van der Waals surface area contributed by atoms with E-state index in [4.69, 9.17) is 9.99 Å². The molecule has 0 aromatic carbocycles. The first-order chi connectivity index (χ1) is 8.17. The van der Waals surface area contributed by atoms with E-state index in [1.54, 1.807) is 6.92 Å². The van der Waals surface area contributed by atoms with Crippen LogP contribution in [0.25, 0.3) is 0 Å². The molecule has 2 N–H and O–H groups in total. The van der Waals surface area contributed by atoms with Gasteiger partial charge < -0.3 is 9.84 Å². The number of hydrogen-bond donors (Lipinski definition) is 2. The van der Waals surface area contributed by atoms with E-state index in [0.29, 0.717) is 24.5 Å². The Morgan fingerprint density at radius 3 is 2.94 bits per heavy atom. The Bertz CT molecular complexity index is 357. The Morgan fingerprint density at radius 1 is 1.53 bits per heavy atom. The summed E-state index contributed by atoms with van der Waals surface area (Å²) in [6.07, 6.45) is 0.0644. The third-order valence-electron chi connectivity index (χ3n) is 1.88. The molecule has 8 heteroatoms. The van der Waals surface area contributed by atoms with Crippen LogP contribution in [-0.2, 0) is 16.0 Å².